The number of carbonyl (C=O) groups is 2. The molecule has 3 N–H and O–H groups in total. The number of amides is 2. The van der Waals surface area contributed by atoms with Crippen LogP contribution >= 0.6 is 11.3 Å². The lowest BCUT2D eigenvalue weighted by Gasteiger charge is -2.12. The van der Waals surface area contributed by atoms with E-state index >= 15 is 0 Å². The van der Waals surface area contributed by atoms with E-state index in [1.54, 1.807) is 11.3 Å². The summed E-state index contributed by atoms with van der Waals surface area (Å²) in [5.74, 6) is -0.924. The van der Waals surface area contributed by atoms with Crippen molar-refractivity contribution in [2.45, 2.75) is 25.7 Å². The maximum atomic E-state index is 11.4. The number of thiazole rings is 1. The van der Waals surface area contributed by atoms with Crippen molar-refractivity contribution in [3.8, 4) is 0 Å². The molecule has 0 unspecified atom stereocenters. The van der Waals surface area contributed by atoms with E-state index in [2.05, 4.69) is 20.5 Å². The number of urea groups is 1. The third-order valence-corrected chi connectivity index (χ3v) is 4.16. The number of nitrogens with zero attached hydrogens (tertiary/aromatic N) is 2. The molecule has 1 aliphatic rings. The van der Waals surface area contributed by atoms with Gasteiger partial charge in [-0.15, -0.1) is 11.3 Å². The Balaban J connectivity index is 1.64. The number of aliphatic carboxylic acids is 1. The van der Waals surface area contributed by atoms with Crippen molar-refractivity contribution in [1.82, 2.24) is 15.6 Å². The number of hydrogen-bond acceptors (Lipinski definition) is 5. The van der Waals surface area contributed by atoms with Crippen LogP contribution in [0, 0.1) is 0 Å². The Labute approximate surface area is 127 Å². The van der Waals surface area contributed by atoms with Crippen LogP contribution in [0.1, 0.15) is 25.0 Å². The van der Waals surface area contributed by atoms with Gasteiger partial charge in [-0.05, 0) is 12.8 Å². The molecule has 0 radical (unpaired) electrons. The maximum absolute atomic E-state index is 11.4. The van der Waals surface area contributed by atoms with E-state index in [4.69, 9.17) is 5.11 Å². The number of aromatic nitrogens is 1. The molecular weight excluding hydrogens is 292 g/mol. The lowest BCUT2D eigenvalue weighted by atomic mass is 10.3. The Kier molecular flexibility index (Phi) is 5.79. The number of nitrogens with one attached hydrogen (secondary N) is 2. The largest absolute Gasteiger partial charge is 0.481 e. The van der Waals surface area contributed by atoms with E-state index in [0.717, 1.165) is 23.9 Å². The molecule has 0 spiro atoms. The SMILES string of the molecule is O=C(O)CCNC(=O)NCCc1csc(N2CCCC2)n1. The highest BCUT2D eigenvalue weighted by Gasteiger charge is 2.15. The van der Waals surface area contributed by atoms with Crippen molar-refractivity contribution in [2.75, 3.05) is 31.1 Å². The molecule has 2 rings (SSSR count). The second-order valence-electron chi connectivity index (χ2n) is 4.89. The number of carboxylic acid groups (broad SMARTS) is 1. The third-order valence-electron chi connectivity index (χ3n) is 3.21. The van der Waals surface area contributed by atoms with E-state index < -0.39 is 5.97 Å². The monoisotopic (exact) mass is 312 g/mol. The average molecular weight is 312 g/mol. The van der Waals surface area contributed by atoms with Gasteiger partial charge in [-0.25, -0.2) is 9.78 Å². The minimum Gasteiger partial charge on any atom is -0.481 e. The first kappa shape index (κ1) is 15.6. The maximum Gasteiger partial charge on any atom is 0.314 e. The van der Waals surface area contributed by atoms with Crippen molar-refractivity contribution < 1.29 is 14.7 Å². The standard InChI is InChI=1S/C13H20N4O3S/c18-11(19)4-6-15-12(20)14-5-3-10-9-21-13(16-10)17-7-1-2-8-17/h9H,1-8H2,(H,18,19)(H2,14,15,20). The smallest absolute Gasteiger partial charge is 0.314 e. The molecule has 1 aromatic rings. The zero-order valence-corrected chi connectivity index (χ0v) is 12.6. The van der Waals surface area contributed by atoms with Crippen molar-refractivity contribution >= 4 is 28.5 Å². The molecule has 2 amide bonds. The fourth-order valence-electron chi connectivity index (χ4n) is 2.11. The van der Waals surface area contributed by atoms with E-state index in [0.29, 0.717) is 13.0 Å². The minimum atomic E-state index is -0.924. The van der Waals surface area contributed by atoms with Gasteiger partial charge in [-0.1, -0.05) is 0 Å². The van der Waals surface area contributed by atoms with Crippen LogP contribution in [0.3, 0.4) is 0 Å². The molecule has 1 aliphatic heterocycles. The van der Waals surface area contributed by atoms with Crippen LogP contribution in [0.25, 0.3) is 0 Å². The van der Waals surface area contributed by atoms with Gasteiger partial charge in [0.2, 0.25) is 0 Å². The third kappa shape index (κ3) is 5.22. The Morgan fingerprint density at radius 2 is 2.00 bits per heavy atom. The van der Waals surface area contributed by atoms with Gasteiger partial charge in [-0.3, -0.25) is 4.79 Å². The molecule has 0 aliphatic carbocycles. The summed E-state index contributed by atoms with van der Waals surface area (Å²) in [5, 5.41) is 16.7. The number of carbonyl (C=O) groups excluding carboxylic acids is 1. The van der Waals surface area contributed by atoms with Crippen LogP contribution < -0.4 is 15.5 Å². The fraction of sp³-hybridized carbons (Fsp3) is 0.615. The van der Waals surface area contributed by atoms with Gasteiger partial charge in [0.15, 0.2) is 5.13 Å². The highest BCUT2D eigenvalue weighted by atomic mass is 32.1. The highest BCUT2D eigenvalue weighted by molar-refractivity contribution is 7.13. The average Bonchev–Trinajstić information content (AvgIpc) is 3.08. The molecule has 1 aromatic heterocycles. The summed E-state index contributed by atoms with van der Waals surface area (Å²) in [4.78, 5) is 28.6. The van der Waals surface area contributed by atoms with Crippen LogP contribution in [-0.4, -0.2) is 48.3 Å². The van der Waals surface area contributed by atoms with Crippen LogP contribution in [0.5, 0.6) is 0 Å². The van der Waals surface area contributed by atoms with Crippen LogP contribution in [-0.2, 0) is 11.2 Å². The Morgan fingerprint density at radius 1 is 1.29 bits per heavy atom. The number of carboxylic acids is 1. The molecule has 0 aromatic carbocycles. The summed E-state index contributed by atoms with van der Waals surface area (Å²) in [5.41, 5.74) is 0.979. The Bertz CT molecular complexity index is 486. The first-order valence-electron chi connectivity index (χ1n) is 7.08. The van der Waals surface area contributed by atoms with Crippen LogP contribution in [0.15, 0.2) is 5.38 Å². The van der Waals surface area contributed by atoms with Gasteiger partial charge in [0, 0.05) is 38.0 Å². The summed E-state index contributed by atoms with van der Waals surface area (Å²) in [6.07, 6.45) is 3.06. The van der Waals surface area contributed by atoms with Crippen LogP contribution in [0.2, 0.25) is 0 Å². The van der Waals surface area contributed by atoms with E-state index in [9.17, 15) is 9.59 Å². The van der Waals surface area contributed by atoms with E-state index in [-0.39, 0.29) is 19.0 Å². The fourth-order valence-corrected chi connectivity index (χ4v) is 3.03. The van der Waals surface area contributed by atoms with Crippen molar-refractivity contribution in [1.29, 1.82) is 0 Å². The lowest BCUT2D eigenvalue weighted by Crippen LogP contribution is -2.37. The summed E-state index contributed by atoms with van der Waals surface area (Å²) in [6.45, 7) is 2.79. The molecule has 0 saturated carbocycles. The summed E-state index contributed by atoms with van der Waals surface area (Å²) in [7, 11) is 0. The second kappa shape index (κ2) is 7.82. The molecule has 8 heteroatoms. The Morgan fingerprint density at radius 3 is 2.71 bits per heavy atom. The topological polar surface area (TPSA) is 94.6 Å². The molecule has 2 heterocycles. The number of rotatable bonds is 7. The quantitative estimate of drug-likeness (QED) is 0.700. The first-order valence-corrected chi connectivity index (χ1v) is 7.96. The van der Waals surface area contributed by atoms with Gasteiger partial charge in [0.25, 0.3) is 0 Å². The van der Waals surface area contributed by atoms with Gasteiger partial charge in [-0.2, -0.15) is 0 Å². The van der Waals surface area contributed by atoms with Gasteiger partial charge < -0.3 is 20.6 Å². The van der Waals surface area contributed by atoms with E-state index in [1.807, 2.05) is 5.38 Å². The van der Waals surface area contributed by atoms with Gasteiger partial charge in [0.05, 0.1) is 12.1 Å². The normalized spacial score (nSPS) is 14.2. The first-order chi connectivity index (χ1) is 10.1. The molecule has 1 saturated heterocycles. The zero-order chi connectivity index (χ0) is 15.1. The predicted octanol–water partition coefficient (Wildman–Crippen LogP) is 1.06. The minimum absolute atomic E-state index is 0.0707. The molecule has 1 fully saturated rings. The number of anilines is 1. The molecular formula is C13H20N4O3S. The second-order valence-corrected chi connectivity index (χ2v) is 5.73. The number of hydrogen-bond donors (Lipinski definition) is 3. The van der Waals surface area contributed by atoms with Crippen LogP contribution in [0.4, 0.5) is 9.93 Å². The molecule has 0 atom stereocenters. The van der Waals surface area contributed by atoms with Gasteiger partial charge >= 0.3 is 12.0 Å². The van der Waals surface area contributed by atoms with Crippen molar-refractivity contribution in [3.05, 3.63) is 11.1 Å². The molecule has 0 bridgehead atoms. The Hall–Kier alpha value is -1.83. The molecule has 21 heavy (non-hydrogen) atoms. The van der Waals surface area contributed by atoms with Crippen molar-refractivity contribution in [2.24, 2.45) is 0 Å². The van der Waals surface area contributed by atoms with Crippen molar-refractivity contribution in [3.63, 3.8) is 0 Å². The van der Waals surface area contributed by atoms with Gasteiger partial charge in [0.1, 0.15) is 0 Å². The molecule has 116 valence electrons. The summed E-state index contributed by atoms with van der Waals surface area (Å²) in [6, 6.07) is -0.341. The summed E-state index contributed by atoms with van der Waals surface area (Å²) < 4.78 is 0. The lowest BCUT2D eigenvalue weighted by molar-refractivity contribution is -0.136. The summed E-state index contributed by atoms with van der Waals surface area (Å²) >= 11 is 1.64. The van der Waals surface area contributed by atoms with E-state index in [1.165, 1.54) is 12.8 Å². The highest BCUT2D eigenvalue weighted by Crippen LogP contribution is 2.24. The zero-order valence-electron chi connectivity index (χ0n) is 11.8. The predicted molar refractivity (Wildman–Crippen MR) is 80.9 cm³/mol. The molecule has 7 nitrogen and oxygen atoms in total.